The minimum absolute atomic E-state index is 0.138. The summed E-state index contributed by atoms with van der Waals surface area (Å²) in [6, 6.07) is 5.80. The fourth-order valence-electron chi connectivity index (χ4n) is 1.72. The van der Waals surface area contributed by atoms with Gasteiger partial charge in [0.2, 0.25) is 11.8 Å². The number of amides is 2. The summed E-state index contributed by atoms with van der Waals surface area (Å²) >= 11 is 0. The largest absolute Gasteiger partial charge is 0.355 e. The number of nitrogens with one attached hydrogen (secondary N) is 2. The molecule has 0 aliphatic carbocycles. The van der Waals surface area contributed by atoms with Crippen molar-refractivity contribution in [2.24, 2.45) is 5.92 Å². The number of rotatable bonds is 5. The number of benzene rings is 1. The maximum Gasteiger partial charge on any atom is 0.233 e. The van der Waals surface area contributed by atoms with Crippen LogP contribution < -0.4 is 10.6 Å². The topological polar surface area (TPSA) is 58.2 Å². The van der Waals surface area contributed by atoms with Crippen molar-refractivity contribution in [2.45, 2.75) is 34.1 Å². The SMILES string of the molecule is Cc1cccc(C)c1NC(=O)CC(=O)NCC(C)C. The summed E-state index contributed by atoms with van der Waals surface area (Å²) in [6.45, 7) is 8.48. The third-order valence-corrected chi connectivity index (χ3v) is 2.77. The molecule has 0 saturated heterocycles. The summed E-state index contributed by atoms with van der Waals surface area (Å²) in [5.41, 5.74) is 2.79. The molecule has 0 radical (unpaired) electrons. The Balaban J connectivity index is 2.54. The van der Waals surface area contributed by atoms with E-state index in [1.54, 1.807) is 0 Å². The fourth-order valence-corrected chi connectivity index (χ4v) is 1.72. The van der Waals surface area contributed by atoms with Crippen molar-refractivity contribution in [3.05, 3.63) is 29.3 Å². The number of para-hydroxylation sites is 1. The monoisotopic (exact) mass is 262 g/mol. The minimum Gasteiger partial charge on any atom is -0.355 e. The highest BCUT2D eigenvalue weighted by atomic mass is 16.2. The molecule has 0 aliphatic heterocycles. The number of anilines is 1. The first kappa shape index (κ1) is 15.2. The Labute approximate surface area is 114 Å². The number of hydrogen-bond donors (Lipinski definition) is 2. The smallest absolute Gasteiger partial charge is 0.233 e. The first-order valence-corrected chi connectivity index (χ1v) is 6.53. The van der Waals surface area contributed by atoms with Gasteiger partial charge in [0.05, 0.1) is 0 Å². The van der Waals surface area contributed by atoms with Gasteiger partial charge in [-0.05, 0) is 30.9 Å². The lowest BCUT2D eigenvalue weighted by molar-refractivity contribution is -0.126. The molecule has 4 nitrogen and oxygen atoms in total. The molecule has 0 atom stereocenters. The zero-order valence-electron chi connectivity index (χ0n) is 12.0. The van der Waals surface area contributed by atoms with Crippen LogP contribution in [0.4, 0.5) is 5.69 Å². The van der Waals surface area contributed by atoms with E-state index < -0.39 is 0 Å². The highest BCUT2D eigenvalue weighted by Crippen LogP contribution is 2.19. The summed E-state index contributed by atoms with van der Waals surface area (Å²) in [4.78, 5) is 23.3. The van der Waals surface area contributed by atoms with E-state index in [1.165, 1.54) is 0 Å². The lowest BCUT2D eigenvalue weighted by Gasteiger charge is -2.12. The van der Waals surface area contributed by atoms with Gasteiger partial charge in [0.1, 0.15) is 6.42 Å². The van der Waals surface area contributed by atoms with Crippen LogP contribution >= 0.6 is 0 Å². The van der Waals surface area contributed by atoms with Gasteiger partial charge in [0, 0.05) is 12.2 Å². The molecule has 104 valence electrons. The third-order valence-electron chi connectivity index (χ3n) is 2.77. The Morgan fingerprint density at radius 1 is 1.11 bits per heavy atom. The van der Waals surface area contributed by atoms with Gasteiger partial charge in [-0.15, -0.1) is 0 Å². The molecular formula is C15H22N2O2. The van der Waals surface area contributed by atoms with Crippen molar-refractivity contribution >= 4 is 17.5 Å². The summed E-state index contributed by atoms with van der Waals surface area (Å²) in [7, 11) is 0. The van der Waals surface area contributed by atoms with E-state index in [-0.39, 0.29) is 18.2 Å². The summed E-state index contributed by atoms with van der Waals surface area (Å²) in [6.07, 6.45) is -0.138. The number of hydrogen-bond acceptors (Lipinski definition) is 2. The first-order chi connectivity index (χ1) is 8.90. The quantitative estimate of drug-likeness (QED) is 0.801. The first-order valence-electron chi connectivity index (χ1n) is 6.53. The molecule has 1 aromatic carbocycles. The van der Waals surface area contributed by atoms with Crippen LogP contribution in [0.5, 0.6) is 0 Å². The van der Waals surface area contributed by atoms with Crippen LogP contribution in [0.2, 0.25) is 0 Å². The Bertz CT molecular complexity index is 447. The molecule has 0 heterocycles. The van der Waals surface area contributed by atoms with Crippen molar-refractivity contribution in [3.8, 4) is 0 Å². The zero-order chi connectivity index (χ0) is 14.4. The number of aryl methyl sites for hydroxylation is 2. The Morgan fingerprint density at radius 3 is 2.21 bits per heavy atom. The summed E-state index contributed by atoms with van der Waals surface area (Å²) < 4.78 is 0. The molecular weight excluding hydrogens is 240 g/mol. The third kappa shape index (κ3) is 5.12. The molecule has 0 bridgehead atoms. The van der Waals surface area contributed by atoms with Crippen LogP contribution in [0, 0.1) is 19.8 Å². The minimum atomic E-state index is -0.279. The molecule has 2 N–H and O–H groups in total. The van der Waals surface area contributed by atoms with E-state index in [0.29, 0.717) is 12.5 Å². The van der Waals surface area contributed by atoms with E-state index in [0.717, 1.165) is 16.8 Å². The van der Waals surface area contributed by atoms with Gasteiger partial charge in [0.15, 0.2) is 0 Å². The molecule has 0 saturated carbocycles. The molecule has 0 spiro atoms. The molecule has 19 heavy (non-hydrogen) atoms. The van der Waals surface area contributed by atoms with Crippen molar-refractivity contribution in [2.75, 3.05) is 11.9 Å². The van der Waals surface area contributed by atoms with Crippen LogP contribution in [0.1, 0.15) is 31.4 Å². The van der Waals surface area contributed by atoms with Crippen molar-refractivity contribution in [3.63, 3.8) is 0 Å². The standard InChI is InChI=1S/C15H22N2O2/c1-10(2)9-16-13(18)8-14(19)17-15-11(3)6-5-7-12(15)4/h5-7,10H,8-9H2,1-4H3,(H,16,18)(H,17,19). The van der Waals surface area contributed by atoms with Crippen molar-refractivity contribution < 1.29 is 9.59 Å². The fraction of sp³-hybridized carbons (Fsp3) is 0.467. The van der Waals surface area contributed by atoms with E-state index >= 15 is 0 Å². The predicted octanol–water partition coefficient (Wildman–Crippen LogP) is 2.40. The van der Waals surface area contributed by atoms with Gasteiger partial charge in [-0.3, -0.25) is 9.59 Å². The summed E-state index contributed by atoms with van der Waals surface area (Å²) in [5, 5.41) is 5.53. The second kappa shape index (κ2) is 6.92. The highest BCUT2D eigenvalue weighted by Gasteiger charge is 2.11. The van der Waals surface area contributed by atoms with Crippen molar-refractivity contribution in [1.82, 2.24) is 5.32 Å². The van der Waals surface area contributed by atoms with E-state index in [2.05, 4.69) is 10.6 Å². The maximum atomic E-state index is 11.8. The normalized spacial score (nSPS) is 10.4. The number of carbonyl (C=O) groups is 2. The molecule has 0 unspecified atom stereocenters. The maximum absolute atomic E-state index is 11.8. The van der Waals surface area contributed by atoms with Gasteiger partial charge in [0.25, 0.3) is 0 Å². The molecule has 1 aromatic rings. The van der Waals surface area contributed by atoms with Gasteiger partial charge in [-0.2, -0.15) is 0 Å². The molecule has 4 heteroatoms. The Hall–Kier alpha value is -1.84. The van der Waals surface area contributed by atoms with Gasteiger partial charge in [-0.1, -0.05) is 32.0 Å². The lowest BCUT2D eigenvalue weighted by Crippen LogP contribution is -2.31. The average Bonchev–Trinajstić information content (AvgIpc) is 2.31. The second-order valence-corrected chi connectivity index (χ2v) is 5.19. The van der Waals surface area contributed by atoms with E-state index in [9.17, 15) is 9.59 Å². The second-order valence-electron chi connectivity index (χ2n) is 5.19. The van der Waals surface area contributed by atoms with Gasteiger partial charge in [-0.25, -0.2) is 0 Å². The van der Waals surface area contributed by atoms with Crippen LogP contribution in [0.15, 0.2) is 18.2 Å². The van der Waals surface area contributed by atoms with Gasteiger partial charge >= 0.3 is 0 Å². The highest BCUT2D eigenvalue weighted by molar-refractivity contribution is 6.04. The number of carbonyl (C=O) groups excluding carboxylic acids is 2. The lowest BCUT2D eigenvalue weighted by atomic mass is 10.1. The van der Waals surface area contributed by atoms with Crippen LogP contribution in [-0.2, 0) is 9.59 Å². The molecule has 0 fully saturated rings. The summed E-state index contributed by atoms with van der Waals surface area (Å²) in [5.74, 6) is -0.137. The molecule has 0 aromatic heterocycles. The predicted molar refractivity (Wildman–Crippen MR) is 77.0 cm³/mol. The van der Waals surface area contributed by atoms with Gasteiger partial charge < -0.3 is 10.6 Å². The molecule has 2 amide bonds. The van der Waals surface area contributed by atoms with E-state index in [4.69, 9.17) is 0 Å². The van der Waals surface area contributed by atoms with Crippen LogP contribution in [-0.4, -0.2) is 18.4 Å². The Kier molecular flexibility index (Phi) is 5.55. The Morgan fingerprint density at radius 2 is 1.68 bits per heavy atom. The average molecular weight is 262 g/mol. The molecule has 1 rings (SSSR count). The van der Waals surface area contributed by atoms with Crippen LogP contribution in [0.25, 0.3) is 0 Å². The molecule has 0 aliphatic rings. The van der Waals surface area contributed by atoms with Crippen molar-refractivity contribution in [1.29, 1.82) is 0 Å². The van der Waals surface area contributed by atoms with Crippen LogP contribution in [0.3, 0.4) is 0 Å². The van der Waals surface area contributed by atoms with E-state index in [1.807, 2.05) is 45.9 Å². The zero-order valence-corrected chi connectivity index (χ0v) is 12.0.